The predicted molar refractivity (Wildman–Crippen MR) is 213 cm³/mol. The van der Waals surface area contributed by atoms with Gasteiger partial charge in [0.15, 0.2) is 5.58 Å². The number of hydrogen-bond acceptors (Lipinski definition) is 4. The molecule has 0 saturated carbocycles. The smallest absolute Gasteiger partial charge is 0.236 e. The van der Waals surface area contributed by atoms with Gasteiger partial charge in [-0.15, -0.1) is 11.3 Å². The lowest BCUT2D eigenvalue weighted by Crippen LogP contribution is -2.03. The molecule has 4 heterocycles. The van der Waals surface area contributed by atoms with E-state index in [1.165, 1.54) is 30.9 Å². The molecule has 11 rings (SSSR count). The summed E-state index contributed by atoms with van der Waals surface area (Å²) in [6.07, 6.45) is 0. The van der Waals surface area contributed by atoms with E-state index in [0.29, 0.717) is 11.5 Å². The molecule has 0 fully saturated rings. The van der Waals surface area contributed by atoms with Crippen molar-refractivity contribution < 1.29 is 4.42 Å². The van der Waals surface area contributed by atoms with Gasteiger partial charge in [-0.25, -0.2) is 9.97 Å². The van der Waals surface area contributed by atoms with Crippen molar-refractivity contribution in [2.75, 3.05) is 0 Å². The Balaban J connectivity index is 1.29. The Hall–Kier alpha value is -6.56. The molecule has 0 spiro atoms. The van der Waals surface area contributed by atoms with E-state index in [2.05, 4.69) is 150 Å². The molecule has 0 aliphatic carbocycles. The van der Waals surface area contributed by atoms with Gasteiger partial charge in [0.25, 0.3) is 0 Å². The van der Waals surface area contributed by atoms with Crippen molar-refractivity contribution in [2.45, 2.75) is 0 Å². The molecule has 0 atom stereocenters. The first-order valence-electron chi connectivity index (χ1n) is 17.1. The Morgan fingerprint density at radius 3 is 1.86 bits per heavy atom. The minimum atomic E-state index is 0.615. The molecule has 238 valence electrons. The summed E-state index contributed by atoms with van der Waals surface area (Å²) < 4.78 is 11.4. The van der Waals surface area contributed by atoms with Gasteiger partial charge in [-0.05, 0) is 70.8 Å². The van der Waals surface area contributed by atoms with Crippen molar-refractivity contribution in [1.82, 2.24) is 14.5 Å². The number of nitrogens with zero attached hydrogens (tertiary/aromatic N) is 3. The van der Waals surface area contributed by atoms with E-state index < -0.39 is 0 Å². The molecular weight excluding hydrogens is 643 g/mol. The molecule has 4 aromatic heterocycles. The molecule has 5 heteroatoms. The topological polar surface area (TPSA) is 43.9 Å². The van der Waals surface area contributed by atoms with Gasteiger partial charge in [-0.2, -0.15) is 0 Å². The molecule has 0 saturated heterocycles. The van der Waals surface area contributed by atoms with Gasteiger partial charge >= 0.3 is 0 Å². The summed E-state index contributed by atoms with van der Waals surface area (Å²) >= 11 is 1.83. The summed E-state index contributed by atoms with van der Waals surface area (Å²) in [6, 6.07) is 57.8. The van der Waals surface area contributed by atoms with Crippen LogP contribution in [-0.4, -0.2) is 14.5 Å². The molecule has 0 bridgehead atoms. The van der Waals surface area contributed by atoms with Crippen LogP contribution in [-0.2, 0) is 0 Å². The maximum absolute atomic E-state index is 6.66. The SMILES string of the molecule is c1ccc(-c2cc(-c3ccccc3)cc(-c3nc(-n4c5ccccc5c5ccc6sc7ccccc7c6c54)nc4c3oc3ccccc34)c2)cc1. The predicted octanol–water partition coefficient (Wildman–Crippen LogP) is 12.8. The first-order valence-corrected chi connectivity index (χ1v) is 17.9. The fourth-order valence-corrected chi connectivity index (χ4v) is 8.81. The highest BCUT2D eigenvalue weighted by Crippen LogP contribution is 2.44. The second-order valence-electron chi connectivity index (χ2n) is 13.0. The average molecular weight is 670 g/mol. The Morgan fingerprint density at radius 2 is 1.10 bits per heavy atom. The van der Waals surface area contributed by atoms with Crippen molar-refractivity contribution in [3.63, 3.8) is 0 Å². The lowest BCUT2D eigenvalue weighted by atomic mass is 9.95. The van der Waals surface area contributed by atoms with Crippen molar-refractivity contribution in [3.8, 4) is 39.5 Å². The summed E-state index contributed by atoms with van der Waals surface area (Å²) in [4.78, 5) is 10.9. The van der Waals surface area contributed by atoms with Crippen LogP contribution in [0.15, 0.2) is 168 Å². The van der Waals surface area contributed by atoms with Gasteiger partial charge in [0.05, 0.1) is 11.0 Å². The van der Waals surface area contributed by atoms with E-state index in [1.54, 1.807) is 0 Å². The standard InChI is InChI=1S/C46H27N3OS/c1-3-13-28(14-4-1)30-25-31(29-15-5-2-6-16-29)27-32(26-30)42-45-43(35-18-8-11-21-38(35)50-45)48-46(47-42)49-37-20-10-7-17-33(37)34-23-24-40-41(44(34)49)36-19-9-12-22-39(36)51-40/h1-27H. The number of benzene rings is 7. The van der Waals surface area contributed by atoms with Crippen LogP contribution in [0.4, 0.5) is 0 Å². The van der Waals surface area contributed by atoms with Gasteiger partial charge in [0.2, 0.25) is 5.95 Å². The second kappa shape index (κ2) is 11.0. The number of rotatable bonds is 4. The molecule has 11 aromatic rings. The van der Waals surface area contributed by atoms with Crippen LogP contribution < -0.4 is 0 Å². The van der Waals surface area contributed by atoms with E-state index in [9.17, 15) is 0 Å². The summed E-state index contributed by atoms with van der Waals surface area (Å²) in [7, 11) is 0. The number of hydrogen-bond donors (Lipinski definition) is 0. The summed E-state index contributed by atoms with van der Waals surface area (Å²) in [5, 5.41) is 5.78. The Kier molecular flexibility index (Phi) is 6.09. The third-order valence-electron chi connectivity index (χ3n) is 10.0. The third kappa shape index (κ3) is 4.32. The fraction of sp³-hybridized carbons (Fsp3) is 0. The molecule has 0 amide bonds. The molecule has 51 heavy (non-hydrogen) atoms. The van der Waals surface area contributed by atoms with E-state index in [-0.39, 0.29) is 0 Å². The minimum Gasteiger partial charge on any atom is -0.452 e. The Morgan fingerprint density at radius 1 is 0.471 bits per heavy atom. The quantitative estimate of drug-likeness (QED) is 0.187. The lowest BCUT2D eigenvalue weighted by Gasteiger charge is -2.13. The van der Waals surface area contributed by atoms with Crippen LogP contribution in [0.5, 0.6) is 0 Å². The van der Waals surface area contributed by atoms with Crippen molar-refractivity contribution >= 4 is 75.4 Å². The largest absolute Gasteiger partial charge is 0.452 e. The van der Waals surface area contributed by atoms with Gasteiger partial charge < -0.3 is 4.42 Å². The van der Waals surface area contributed by atoms with Crippen LogP contribution in [0, 0.1) is 0 Å². The fourth-order valence-electron chi connectivity index (χ4n) is 7.71. The monoisotopic (exact) mass is 669 g/mol. The zero-order valence-corrected chi connectivity index (χ0v) is 28.1. The van der Waals surface area contributed by atoms with Crippen LogP contribution in [0.25, 0.3) is 104 Å². The number of thiophene rings is 1. The number of furan rings is 1. The van der Waals surface area contributed by atoms with Gasteiger partial charge in [-0.1, -0.05) is 115 Å². The third-order valence-corrected chi connectivity index (χ3v) is 11.1. The maximum atomic E-state index is 6.66. The highest BCUT2D eigenvalue weighted by molar-refractivity contribution is 7.26. The average Bonchev–Trinajstić information content (AvgIpc) is 3.87. The van der Waals surface area contributed by atoms with E-state index in [1.807, 2.05) is 29.5 Å². The van der Waals surface area contributed by atoms with E-state index in [4.69, 9.17) is 14.4 Å². The molecule has 0 aliphatic heterocycles. The van der Waals surface area contributed by atoms with E-state index in [0.717, 1.165) is 61.0 Å². The molecular formula is C46H27N3OS. The van der Waals surface area contributed by atoms with Crippen LogP contribution >= 0.6 is 11.3 Å². The Labute approximate surface area is 296 Å². The maximum Gasteiger partial charge on any atom is 0.236 e. The molecule has 0 N–H and O–H groups in total. The second-order valence-corrected chi connectivity index (χ2v) is 14.0. The highest BCUT2D eigenvalue weighted by atomic mass is 32.1. The minimum absolute atomic E-state index is 0.615. The number of aromatic nitrogens is 3. The lowest BCUT2D eigenvalue weighted by molar-refractivity contribution is 0.666. The van der Waals surface area contributed by atoms with E-state index >= 15 is 0 Å². The first-order chi connectivity index (χ1) is 25.3. The molecule has 0 unspecified atom stereocenters. The molecule has 0 radical (unpaired) electrons. The summed E-state index contributed by atoms with van der Waals surface area (Å²) in [5.41, 5.74) is 10.7. The highest BCUT2D eigenvalue weighted by Gasteiger charge is 2.23. The van der Waals surface area contributed by atoms with Gasteiger partial charge in [0.1, 0.15) is 16.8 Å². The van der Waals surface area contributed by atoms with Crippen LogP contribution in [0.3, 0.4) is 0 Å². The van der Waals surface area contributed by atoms with Crippen LogP contribution in [0.1, 0.15) is 0 Å². The molecule has 7 aromatic carbocycles. The van der Waals surface area contributed by atoms with Crippen molar-refractivity contribution in [1.29, 1.82) is 0 Å². The van der Waals surface area contributed by atoms with Crippen LogP contribution in [0.2, 0.25) is 0 Å². The van der Waals surface area contributed by atoms with Crippen molar-refractivity contribution in [2.24, 2.45) is 0 Å². The van der Waals surface area contributed by atoms with Gasteiger partial charge in [0, 0.05) is 41.9 Å². The van der Waals surface area contributed by atoms with Crippen molar-refractivity contribution in [3.05, 3.63) is 164 Å². The zero-order valence-electron chi connectivity index (χ0n) is 27.2. The first kappa shape index (κ1) is 28.3. The number of para-hydroxylation sites is 2. The Bertz CT molecular complexity index is 3080. The summed E-state index contributed by atoms with van der Waals surface area (Å²) in [5.74, 6) is 0.615. The number of fused-ring (bicyclic) bond motifs is 10. The molecule has 0 aliphatic rings. The zero-order chi connectivity index (χ0) is 33.5. The normalized spacial score (nSPS) is 11.9. The van der Waals surface area contributed by atoms with Gasteiger partial charge in [-0.3, -0.25) is 4.57 Å². The summed E-state index contributed by atoms with van der Waals surface area (Å²) in [6.45, 7) is 0. The molecule has 4 nitrogen and oxygen atoms in total.